The molecule has 0 aliphatic carbocycles. The van der Waals surface area contributed by atoms with Crippen LogP contribution in [0, 0.1) is 0 Å². The number of hydrogen-bond acceptors (Lipinski definition) is 5. The zero-order chi connectivity index (χ0) is 9.10. The predicted octanol–water partition coefficient (Wildman–Crippen LogP) is 0.660. The molecule has 2 aromatic heterocycles. The van der Waals surface area contributed by atoms with Crippen LogP contribution in [0.15, 0.2) is 23.2 Å². The first-order valence-electron chi connectivity index (χ1n) is 4.04. The van der Waals surface area contributed by atoms with Gasteiger partial charge in [-0.2, -0.15) is 15.0 Å². The van der Waals surface area contributed by atoms with Gasteiger partial charge in [0.2, 0.25) is 0 Å². The Morgan fingerprint density at radius 3 is 2.77 bits per heavy atom. The van der Waals surface area contributed by atoms with Crippen molar-refractivity contribution >= 4 is 0 Å². The number of aromatic nitrogens is 5. The lowest BCUT2D eigenvalue weighted by Gasteiger charge is -2.08. The van der Waals surface area contributed by atoms with Gasteiger partial charge < -0.3 is 4.52 Å². The van der Waals surface area contributed by atoms with Gasteiger partial charge in [-0.25, -0.2) is 0 Å². The molecule has 0 saturated heterocycles. The van der Waals surface area contributed by atoms with Crippen LogP contribution in [0.5, 0.6) is 0 Å². The summed E-state index contributed by atoms with van der Waals surface area (Å²) in [5.74, 6) is 0. The van der Waals surface area contributed by atoms with Crippen LogP contribution in [0.3, 0.4) is 0 Å². The van der Waals surface area contributed by atoms with Gasteiger partial charge in [0.05, 0.1) is 12.4 Å². The highest BCUT2D eigenvalue weighted by atomic mass is 16.5. The summed E-state index contributed by atoms with van der Waals surface area (Å²) < 4.78 is 4.67. The summed E-state index contributed by atoms with van der Waals surface area (Å²) in [6.07, 6.45) is 5.63. The average Bonchev–Trinajstić information content (AvgIpc) is 2.76. The lowest BCUT2D eigenvalue weighted by atomic mass is 10.2. The van der Waals surface area contributed by atoms with Crippen LogP contribution in [0.1, 0.15) is 25.1 Å². The molecule has 1 atom stereocenters. The van der Waals surface area contributed by atoms with Crippen molar-refractivity contribution in [2.75, 3.05) is 0 Å². The molecule has 6 heteroatoms. The molecule has 0 bridgehead atoms. The second kappa shape index (κ2) is 3.34. The molecule has 0 aliphatic rings. The molecule has 0 aliphatic heterocycles. The van der Waals surface area contributed by atoms with Crippen molar-refractivity contribution < 1.29 is 4.52 Å². The molecule has 2 rings (SSSR count). The summed E-state index contributed by atoms with van der Waals surface area (Å²) in [5.41, 5.74) is 0.749. The zero-order valence-electron chi connectivity index (χ0n) is 7.16. The minimum absolute atomic E-state index is 0.0150. The summed E-state index contributed by atoms with van der Waals surface area (Å²) >= 11 is 0. The van der Waals surface area contributed by atoms with Gasteiger partial charge in [0, 0.05) is 5.27 Å². The molecule has 2 aromatic rings. The zero-order valence-corrected chi connectivity index (χ0v) is 7.16. The van der Waals surface area contributed by atoms with E-state index in [1.807, 2.05) is 6.92 Å². The molecule has 1 unspecified atom stereocenters. The summed E-state index contributed by atoms with van der Waals surface area (Å²) in [6, 6.07) is 0.0150. The third kappa shape index (κ3) is 1.42. The Bertz CT molecular complexity index is 307. The third-order valence-electron chi connectivity index (χ3n) is 1.82. The topological polar surface area (TPSA) is 69.6 Å². The molecule has 0 amide bonds. The summed E-state index contributed by atoms with van der Waals surface area (Å²) in [4.78, 5) is 1.60. The molecule has 0 saturated carbocycles. The number of hydrogen-bond donors (Lipinski definition) is 0. The van der Waals surface area contributed by atoms with Gasteiger partial charge in [-0.05, 0) is 6.42 Å². The van der Waals surface area contributed by atoms with Crippen LogP contribution in [0.25, 0.3) is 0 Å². The molecule has 13 heavy (non-hydrogen) atoms. The molecule has 0 spiro atoms. The van der Waals surface area contributed by atoms with Crippen molar-refractivity contribution in [3.63, 3.8) is 0 Å². The smallest absolute Gasteiger partial charge is 0.149 e. The van der Waals surface area contributed by atoms with Crippen molar-refractivity contribution in [3.05, 3.63) is 24.4 Å². The molecule has 0 aromatic carbocycles. The van der Waals surface area contributed by atoms with E-state index in [0.29, 0.717) is 0 Å². The van der Waals surface area contributed by atoms with Crippen molar-refractivity contribution in [1.29, 1.82) is 0 Å². The Morgan fingerprint density at radius 1 is 1.46 bits per heavy atom. The summed E-state index contributed by atoms with van der Waals surface area (Å²) in [7, 11) is 0. The Kier molecular flexibility index (Phi) is 2.03. The van der Waals surface area contributed by atoms with E-state index < -0.39 is 0 Å². The maximum Gasteiger partial charge on any atom is 0.149 e. The molecule has 6 nitrogen and oxygen atoms in total. The van der Waals surface area contributed by atoms with Crippen molar-refractivity contribution in [1.82, 2.24) is 25.4 Å². The first-order chi connectivity index (χ1) is 6.42. The second-order valence-corrected chi connectivity index (χ2v) is 2.60. The molecular weight excluding hydrogens is 170 g/mol. The quantitative estimate of drug-likeness (QED) is 0.692. The van der Waals surface area contributed by atoms with E-state index in [9.17, 15) is 0 Å². The Morgan fingerprint density at radius 2 is 2.23 bits per heavy atom. The lowest BCUT2D eigenvalue weighted by Crippen LogP contribution is -2.13. The monoisotopic (exact) mass is 179 g/mol. The average molecular weight is 179 g/mol. The Balaban J connectivity index is 2.29. The van der Waals surface area contributed by atoms with Gasteiger partial charge in [-0.3, -0.25) is 0 Å². The standard InChI is InChI=1S/C7H9N5O/c1-2-7(6-5-13-11-10-6)12-8-3-4-9-12/h3-5,7H,2H2,1H3. The second-order valence-electron chi connectivity index (χ2n) is 2.60. The van der Waals surface area contributed by atoms with Crippen LogP contribution in [0.4, 0.5) is 0 Å². The van der Waals surface area contributed by atoms with Crippen LogP contribution < -0.4 is 0 Å². The van der Waals surface area contributed by atoms with Crippen LogP contribution in [-0.2, 0) is 0 Å². The molecule has 68 valence electrons. The SMILES string of the molecule is CCC(c1conn1)n1nccn1. The van der Waals surface area contributed by atoms with E-state index in [1.165, 1.54) is 6.26 Å². The van der Waals surface area contributed by atoms with Crippen LogP contribution in [0.2, 0.25) is 0 Å². The number of rotatable bonds is 3. The van der Waals surface area contributed by atoms with Crippen LogP contribution >= 0.6 is 0 Å². The van der Waals surface area contributed by atoms with Gasteiger partial charge in [0.1, 0.15) is 18.0 Å². The molecule has 0 radical (unpaired) electrons. The highest BCUT2D eigenvalue weighted by molar-refractivity contribution is 4.97. The lowest BCUT2D eigenvalue weighted by molar-refractivity contribution is 0.392. The van der Waals surface area contributed by atoms with Crippen molar-refractivity contribution in [3.8, 4) is 0 Å². The molecule has 0 fully saturated rings. The fourth-order valence-electron chi connectivity index (χ4n) is 1.19. The Labute approximate surface area is 74.5 Å². The van der Waals surface area contributed by atoms with E-state index in [-0.39, 0.29) is 6.04 Å². The van der Waals surface area contributed by atoms with E-state index in [4.69, 9.17) is 0 Å². The highest BCUT2D eigenvalue weighted by Crippen LogP contribution is 2.16. The fourth-order valence-corrected chi connectivity index (χ4v) is 1.19. The molecule has 2 heterocycles. The number of nitrogens with zero attached hydrogens (tertiary/aromatic N) is 5. The van der Waals surface area contributed by atoms with E-state index in [2.05, 4.69) is 25.1 Å². The van der Waals surface area contributed by atoms with Gasteiger partial charge in [0.15, 0.2) is 0 Å². The predicted molar refractivity (Wildman–Crippen MR) is 42.8 cm³/mol. The normalized spacial score (nSPS) is 13.0. The van der Waals surface area contributed by atoms with E-state index in [1.54, 1.807) is 17.2 Å². The molecular formula is C7H9N5O. The van der Waals surface area contributed by atoms with Crippen LogP contribution in [-0.4, -0.2) is 25.4 Å². The maximum absolute atomic E-state index is 4.67. The van der Waals surface area contributed by atoms with Gasteiger partial charge >= 0.3 is 0 Å². The van der Waals surface area contributed by atoms with Crippen molar-refractivity contribution in [2.24, 2.45) is 0 Å². The van der Waals surface area contributed by atoms with Gasteiger partial charge in [-0.15, -0.1) is 5.10 Å². The Hall–Kier alpha value is -1.72. The minimum atomic E-state index is 0.0150. The third-order valence-corrected chi connectivity index (χ3v) is 1.82. The summed E-state index contributed by atoms with van der Waals surface area (Å²) in [5, 5.41) is 15.3. The van der Waals surface area contributed by atoms with Gasteiger partial charge in [-0.1, -0.05) is 6.92 Å². The van der Waals surface area contributed by atoms with Crippen molar-refractivity contribution in [2.45, 2.75) is 19.4 Å². The molecule has 0 N–H and O–H groups in total. The van der Waals surface area contributed by atoms with Gasteiger partial charge in [0.25, 0.3) is 0 Å². The first-order valence-corrected chi connectivity index (χ1v) is 4.04. The largest absolute Gasteiger partial charge is 0.345 e. The van der Waals surface area contributed by atoms with E-state index >= 15 is 0 Å². The summed E-state index contributed by atoms with van der Waals surface area (Å²) in [6.45, 7) is 2.03. The highest BCUT2D eigenvalue weighted by Gasteiger charge is 2.16. The fraction of sp³-hybridized carbons (Fsp3) is 0.429. The maximum atomic E-state index is 4.67. The minimum Gasteiger partial charge on any atom is -0.345 e. The first kappa shape index (κ1) is 7.90. The van der Waals surface area contributed by atoms with E-state index in [0.717, 1.165) is 12.1 Å².